The Hall–Kier alpha value is -3.79. The number of benzene rings is 2. The zero-order chi connectivity index (χ0) is 24.9. The molecule has 0 radical (unpaired) electrons. The Morgan fingerprint density at radius 1 is 1.14 bits per heavy atom. The lowest BCUT2D eigenvalue weighted by Gasteiger charge is -2.42. The van der Waals surface area contributed by atoms with Crippen LogP contribution in [0.1, 0.15) is 29.6 Å². The topological polar surface area (TPSA) is 118 Å². The molecule has 35 heavy (non-hydrogen) atoms. The first-order valence-electron chi connectivity index (χ1n) is 11.5. The maximum absolute atomic E-state index is 13.3. The van der Waals surface area contributed by atoms with Gasteiger partial charge in [0, 0.05) is 19.8 Å². The van der Waals surface area contributed by atoms with Crippen molar-refractivity contribution < 1.29 is 28.6 Å². The van der Waals surface area contributed by atoms with Gasteiger partial charge in [0.2, 0.25) is 5.91 Å². The number of carbonyl (C=O) groups is 3. The van der Waals surface area contributed by atoms with E-state index in [-0.39, 0.29) is 43.1 Å². The Balaban J connectivity index is 1.47. The first kappa shape index (κ1) is 24.3. The Morgan fingerprint density at radius 3 is 2.71 bits per heavy atom. The monoisotopic (exact) mass is 482 g/mol. The number of carbonyl (C=O) groups excluding carboxylic acids is 3. The number of amides is 4. The van der Waals surface area contributed by atoms with E-state index in [0.717, 1.165) is 0 Å². The summed E-state index contributed by atoms with van der Waals surface area (Å²) in [6, 6.07) is 11.4. The molecule has 0 aromatic heterocycles. The molecule has 4 rings (SSSR count). The number of anilines is 2. The van der Waals surface area contributed by atoms with Crippen molar-refractivity contribution in [3.63, 3.8) is 0 Å². The van der Waals surface area contributed by atoms with Gasteiger partial charge in [0.15, 0.2) is 0 Å². The average Bonchev–Trinajstić information content (AvgIpc) is 2.86. The van der Waals surface area contributed by atoms with Gasteiger partial charge >= 0.3 is 6.03 Å². The quantitative estimate of drug-likeness (QED) is 0.603. The van der Waals surface area contributed by atoms with Crippen LogP contribution in [0.15, 0.2) is 42.5 Å². The lowest BCUT2D eigenvalue weighted by atomic mass is 9.94. The Labute approximate surface area is 203 Å². The molecule has 10 nitrogen and oxygen atoms in total. The normalized spacial score (nSPS) is 21.4. The fourth-order valence-corrected chi connectivity index (χ4v) is 4.45. The van der Waals surface area contributed by atoms with Crippen LogP contribution in [-0.4, -0.2) is 68.8 Å². The number of hydrogen-bond donors (Lipinski definition) is 3. The maximum atomic E-state index is 13.3. The number of fused-ring (bicyclic) bond motifs is 2. The SMILES string of the molecule is CNC(=O)C[C@H]1CC[C@@H]2[C@H](COc3ccc(NC(=O)Nc4ccccc4OC)cc3C(=O)N2C)O1. The van der Waals surface area contributed by atoms with Gasteiger partial charge in [-0.15, -0.1) is 0 Å². The van der Waals surface area contributed by atoms with E-state index in [9.17, 15) is 14.4 Å². The van der Waals surface area contributed by atoms with Crippen molar-refractivity contribution in [3.8, 4) is 11.5 Å². The molecular weight excluding hydrogens is 452 g/mol. The van der Waals surface area contributed by atoms with Crippen molar-refractivity contribution in [1.29, 1.82) is 0 Å². The van der Waals surface area contributed by atoms with Gasteiger partial charge in [-0.2, -0.15) is 0 Å². The number of urea groups is 1. The fraction of sp³-hybridized carbons (Fsp3) is 0.400. The van der Waals surface area contributed by atoms with Crippen molar-refractivity contribution in [2.75, 3.05) is 38.4 Å². The number of para-hydroxylation sites is 2. The van der Waals surface area contributed by atoms with Crippen LogP contribution in [-0.2, 0) is 9.53 Å². The Kier molecular flexibility index (Phi) is 7.40. The highest BCUT2D eigenvalue weighted by molar-refractivity contribution is 6.03. The molecular formula is C25H30N4O6. The van der Waals surface area contributed by atoms with Gasteiger partial charge in [0.1, 0.15) is 24.2 Å². The molecule has 0 unspecified atom stereocenters. The third-order valence-electron chi connectivity index (χ3n) is 6.32. The summed E-state index contributed by atoms with van der Waals surface area (Å²) in [6.07, 6.45) is 1.09. The number of rotatable bonds is 5. The number of ether oxygens (including phenoxy) is 3. The lowest BCUT2D eigenvalue weighted by Crippen LogP contribution is -2.53. The summed E-state index contributed by atoms with van der Waals surface area (Å²) in [6.45, 7) is 0.251. The van der Waals surface area contributed by atoms with Gasteiger partial charge < -0.3 is 35.1 Å². The molecule has 1 saturated heterocycles. The molecule has 186 valence electrons. The lowest BCUT2D eigenvalue weighted by molar-refractivity contribution is -0.133. The van der Waals surface area contributed by atoms with E-state index in [0.29, 0.717) is 41.3 Å². The first-order chi connectivity index (χ1) is 16.9. The minimum absolute atomic E-state index is 0.0789. The molecule has 2 heterocycles. The first-order valence-corrected chi connectivity index (χ1v) is 11.5. The number of methoxy groups -OCH3 is 1. The van der Waals surface area contributed by atoms with Gasteiger partial charge in [-0.05, 0) is 43.2 Å². The van der Waals surface area contributed by atoms with Crippen LogP contribution >= 0.6 is 0 Å². The summed E-state index contributed by atoms with van der Waals surface area (Å²) < 4.78 is 17.4. The van der Waals surface area contributed by atoms with E-state index < -0.39 is 6.03 Å². The van der Waals surface area contributed by atoms with Crippen LogP contribution in [0, 0.1) is 0 Å². The Bertz CT molecular complexity index is 1110. The highest BCUT2D eigenvalue weighted by Crippen LogP contribution is 2.32. The smallest absolute Gasteiger partial charge is 0.323 e. The summed E-state index contributed by atoms with van der Waals surface area (Å²) >= 11 is 0. The van der Waals surface area contributed by atoms with Crippen molar-refractivity contribution in [1.82, 2.24) is 10.2 Å². The van der Waals surface area contributed by atoms with Crippen LogP contribution in [0.4, 0.5) is 16.2 Å². The minimum Gasteiger partial charge on any atom is -0.495 e. The summed E-state index contributed by atoms with van der Waals surface area (Å²) in [4.78, 5) is 39.3. The number of nitrogens with one attached hydrogen (secondary N) is 3. The van der Waals surface area contributed by atoms with Gasteiger partial charge in [-0.25, -0.2) is 4.79 Å². The van der Waals surface area contributed by atoms with Crippen molar-refractivity contribution in [2.24, 2.45) is 0 Å². The van der Waals surface area contributed by atoms with Crippen LogP contribution in [0.3, 0.4) is 0 Å². The molecule has 1 fully saturated rings. The largest absolute Gasteiger partial charge is 0.495 e. The third kappa shape index (κ3) is 5.48. The van der Waals surface area contributed by atoms with Crippen LogP contribution in [0.5, 0.6) is 11.5 Å². The minimum atomic E-state index is -0.468. The second-order valence-corrected chi connectivity index (χ2v) is 8.54. The predicted octanol–water partition coefficient (Wildman–Crippen LogP) is 2.86. The zero-order valence-corrected chi connectivity index (χ0v) is 20.0. The van der Waals surface area contributed by atoms with E-state index in [2.05, 4.69) is 16.0 Å². The van der Waals surface area contributed by atoms with Crippen LogP contribution in [0.2, 0.25) is 0 Å². The molecule has 10 heteroatoms. The van der Waals surface area contributed by atoms with E-state index in [1.807, 2.05) is 6.07 Å². The molecule has 3 N–H and O–H groups in total. The summed E-state index contributed by atoms with van der Waals surface area (Å²) in [5.74, 6) is 0.641. The van der Waals surface area contributed by atoms with Crippen LogP contribution in [0.25, 0.3) is 0 Å². The molecule has 2 aliphatic heterocycles. The number of nitrogens with zero attached hydrogens (tertiary/aromatic N) is 1. The van der Waals surface area contributed by atoms with Crippen LogP contribution < -0.4 is 25.4 Å². The second-order valence-electron chi connectivity index (χ2n) is 8.54. The summed E-state index contributed by atoms with van der Waals surface area (Å²) in [7, 11) is 4.87. The van der Waals surface area contributed by atoms with Crippen molar-refractivity contribution in [3.05, 3.63) is 48.0 Å². The molecule has 0 saturated carbocycles. The van der Waals surface area contributed by atoms with E-state index in [1.165, 1.54) is 7.11 Å². The molecule has 3 atom stereocenters. The molecule has 0 aliphatic carbocycles. The van der Waals surface area contributed by atoms with E-state index >= 15 is 0 Å². The van der Waals surface area contributed by atoms with Gasteiger partial charge in [0.05, 0.1) is 36.9 Å². The highest BCUT2D eigenvalue weighted by atomic mass is 16.5. The maximum Gasteiger partial charge on any atom is 0.323 e. The molecule has 2 aromatic rings. The van der Waals surface area contributed by atoms with Gasteiger partial charge in [0.25, 0.3) is 5.91 Å². The summed E-state index contributed by atoms with van der Waals surface area (Å²) in [5.41, 5.74) is 1.33. The highest BCUT2D eigenvalue weighted by Gasteiger charge is 2.39. The Morgan fingerprint density at radius 2 is 1.94 bits per heavy atom. The van der Waals surface area contributed by atoms with Crippen molar-refractivity contribution >= 4 is 29.2 Å². The standard InChI is InChI=1S/C25H30N4O6/c1-26-23(30)13-16-9-10-19-22(35-16)14-34-20-11-8-15(12-17(20)24(31)29(19)2)27-25(32)28-18-6-4-5-7-21(18)33-3/h4-8,11-12,16,19,22H,9-10,13-14H2,1-3H3,(H,26,30)(H2,27,28,32)/t16-,19-,22+/m1/s1. The molecule has 4 amide bonds. The predicted molar refractivity (Wildman–Crippen MR) is 130 cm³/mol. The van der Waals surface area contributed by atoms with E-state index in [1.54, 1.807) is 55.4 Å². The molecule has 0 bridgehead atoms. The summed E-state index contributed by atoms with van der Waals surface area (Å²) in [5, 5.41) is 8.12. The van der Waals surface area contributed by atoms with Gasteiger partial charge in [-0.1, -0.05) is 12.1 Å². The second kappa shape index (κ2) is 10.6. The zero-order valence-electron chi connectivity index (χ0n) is 20.0. The number of likely N-dealkylation sites (N-methyl/N-ethyl adjacent to an activating group) is 1. The van der Waals surface area contributed by atoms with E-state index in [4.69, 9.17) is 14.2 Å². The molecule has 2 aliphatic rings. The molecule has 2 aromatic carbocycles. The third-order valence-corrected chi connectivity index (χ3v) is 6.32. The fourth-order valence-electron chi connectivity index (χ4n) is 4.45. The number of hydrogen-bond acceptors (Lipinski definition) is 6. The van der Waals surface area contributed by atoms with Crippen molar-refractivity contribution in [2.45, 2.75) is 37.5 Å². The van der Waals surface area contributed by atoms with Gasteiger partial charge in [-0.3, -0.25) is 9.59 Å². The average molecular weight is 483 g/mol. The molecule has 0 spiro atoms.